The van der Waals surface area contributed by atoms with E-state index in [0.29, 0.717) is 29.8 Å². The van der Waals surface area contributed by atoms with Gasteiger partial charge in [-0.1, -0.05) is 0 Å². The summed E-state index contributed by atoms with van der Waals surface area (Å²) in [6, 6.07) is 1.81. The highest BCUT2D eigenvalue weighted by atomic mass is 32.2. The minimum atomic E-state index is -3.27. The maximum absolute atomic E-state index is 12.6. The molecule has 0 aromatic carbocycles. The van der Waals surface area contributed by atoms with E-state index in [2.05, 4.69) is 5.32 Å². The third kappa shape index (κ3) is 1.91. The third-order valence-corrected chi connectivity index (χ3v) is 7.02. The predicted molar refractivity (Wildman–Crippen MR) is 72.4 cm³/mol. The van der Waals surface area contributed by atoms with E-state index >= 15 is 0 Å². The largest absolute Gasteiger partial charge is 0.316 e. The monoisotopic (exact) mass is 286 g/mol. The fraction of sp³-hybridized carbons (Fsp3) is 0.667. The number of thiophene rings is 1. The SMILES string of the molecule is Cc1cc(S(=O)(=O)N2C[C@H]3CNC[C@H]3C2)c(C)s1. The van der Waals surface area contributed by atoms with Crippen molar-refractivity contribution in [1.29, 1.82) is 0 Å². The second kappa shape index (κ2) is 4.30. The zero-order valence-electron chi connectivity index (χ0n) is 10.6. The number of hydrogen-bond donors (Lipinski definition) is 1. The molecule has 0 amide bonds. The lowest BCUT2D eigenvalue weighted by Crippen LogP contribution is -2.32. The molecule has 0 unspecified atom stereocenters. The van der Waals surface area contributed by atoms with Gasteiger partial charge in [-0.2, -0.15) is 4.31 Å². The Morgan fingerprint density at radius 1 is 1.28 bits per heavy atom. The number of nitrogens with zero attached hydrogens (tertiary/aromatic N) is 1. The molecule has 2 aliphatic rings. The maximum atomic E-state index is 12.6. The van der Waals surface area contributed by atoms with Gasteiger partial charge in [-0.25, -0.2) is 8.42 Å². The highest BCUT2D eigenvalue weighted by molar-refractivity contribution is 7.89. The molecule has 1 aromatic rings. The van der Waals surface area contributed by atoms with Crippen LogP contribution in [0.2, 0.25) is 0 Å². The number of nitrogens with one attached hydrogen (secondary N) is 1. The van der Waals surface area contributed by atoms with Gasteiger partial charge in [-0.15, -0.1) is 11.3 Å². The van der Waals surface area contributed by atoms with Gasteiger partial charge >= 0.3 is 0 Å². The highest BCUT2D eigenvalue weighted by Crippen LogP contribution is 2.33. The Morgan fingerprint density at radius 2 is 1.89 bits per heavy atom. The van der Waals surface area contributed by atoms with Crippen molar-refractivity contribution in [1.82, 2.24) is 9.62 Å². The minimum Gasteiger partial charge on any atom is -0.316 e. The second-order valence-electron chi connectivity index (χ2n) is 5.28. The molecule has 2 saturated heterocycles. The van der Waals surface area contributed by atoms with Gasteiger partial charge in [0, 0.05) is 22.8 Å². The van der Waals surface area contributed by atoms with Gasteiger partial charge in [0.2, 0.25) is 10.0 Å². The summed E-state index contributed by atoms with van der Waals surface area (Å²) < 4.78 is 26.9. The average molecular weight is 286 g/mol. The molecular formula is C12H18N2O2S2. The summed E-state index contributed by atoms with van der Waals surface area (Å²) in [5.74, 6) is 1.000. The number of aryl methyl sites for hydroxylation is 2. The molecule has 0 bridgehead atoms. The molecule has 100 valence electrons. The zero-order chi connectivity index (χ0) is 12.9. The summed E-state index contributed by atoms with van der Waals surface area (Å²) in [6.07, 6.45) is 0. The van der Waals surface area contributed by atoms with Gasteiger partial charge in [0.1, 0.15) is 0 Å². The first-order valence-corrected chi connectivity index (χ1v) is 8.52. The molecule has 6 heteroatoms. The summed E-state index contributed by atoms with van der Waals surface area (Å²) in [5.41, 5.74) is 0. The van der Waals surface area contributed by atoms with E-state index in [0.717, 1.165) is 22.8 Å². The van der Waals surface area contributed by atoms with Crippen molar-refractivity contribution in [2.45, 2.75) is 18.7 Å². The van der Waals surface area contributed by atoms with Crippen LogP contribution in [-0.4, -0.2) is 38.9 Å². The normalized spacial score (nSPS) is 28.8. The molecule has 3 heterocycles. The highest BCUT2D eigenvalue weighted by Gasteiger charge is 2.42. The molecule has 2 fully saturated rings. The Kier molecular flexibility index (Phi) is 3.01. The van der Waals surface area contributed by atoms with Gasteiger partial charge in [-0.3, -0.25) is 0 Å². The first kappa shape index (κ1) is 12.6. The Balaban J connectivity index is 1.90. The Labute approximate surface area is 112 Å². The lowest BCUT2D eigenvalue weighted by molar-refractivity contribution is 0.448. The van der Waals surface area contributed by atoms with E-state index < -0.39 is 10.0 Å². The molecule has 4 nitrogen and oxygen atoms in total. The van der Waals surface area contributed by atoms with E-state index in [1.165, 1.54) is 0 Å². The maximum Gasteiger partial charge on any atom is 0.244 e. The summed E-state index contributed by atoms with van der Waals surface area (Å²) in [4.78, 5) is 2.48. The van der Waals surface area contributed by atoms with Crippen molar-refractivity contribution >= 4 is 21.4 Å². The molecule has 0 saturated carbocycles. The van der Waals surface area contributed by atoms with E-state index in [4.69, 9.17) is 0 Å². The number of sulfonamides is 1. The minimum absolute atomic E-state index is 0.500. The van der Waals surface area contributed by atoms with Crippen LogP contribution in [0, 0.1) is 25.7 Å². The fourth-order valence-corrected chi connectivity index (χ4v) is 6.09. The zero-order valence-corrected chi connectivity index (χ0v) is 12.3. The van der Waals surface area contributed by atoms with Gasteiger partial charge in [-0.05, 0) is 44.8 Å². The van der Waals surface area contributed by atoms with Crippen LogP contribution in [0.4, 0.5) is 0 Å². The van der Waals surface area contributed by atoms with Crippen LogP contribution in [0.25, 0.3) is 0 Å². The second-order valence-corrected chi connectivity index (χ2v) is 8.64. The number of hydrogen-bond acceptors (Lipinski definition) is 4. The van der Waals surface area contributed by atoms with Crippen molar-refractivity contribution < 1.29 is 8.42 Å². The van der Waals surface area contributed by atoms with Gasteiger partial charge in [0.25, 0.3) is 0 Å². The van der Waals surface area contributed by atoms with Crippen molar-refractivity contribution in [2.24, 2.45) is 11.8 Å². The molecule has 2 aliphatic heterocycles. The molecule has 2 atom stereocenters. The number of rotatable bonds is 2. The standard InChI is InChI=1S/C12H18N2O2S2/c1-8-3-12(9(2)17-8)18(15,16)14-6-10-4-13-5-11(10)7-14/h3,10-11,13H,4-7H2,1-2H3/t10-,11+. The molecule has 1 N–H and O–H groups in total. The first-order chi connectivity index (χ1) is 8.48. The third-order valence-electron chi connectivity index (χ3n) is 3.97. The quantitative estimate of drug-likeness (QED) is 0.889. The van der Waals surface area contributed by atoms with Crippen molar-refractivity contribution in [3.63, 3.8) is 0 Å². The Hall–Kier alpha value is -0.430. The molecular weight excluding hydrogens is 268 g/mol. The smallest absolute Gasteiger partial charge is 0.244 e. The van der Waals surface area contributed by atoms with Crippen LogP contribution in [-0.2, 0) is 10.0 Å². The Morgan fingerprint density at radius 3 is 2.39 bits per heavy atom. The van der Waals surface area contributed by atoms with E-state index in [-0.39, 0.29) is 0 Å². The van der Waals surface area contributed by atoms with Crippen LogP contribution >= 0.6 is 11.3 Å². The predicted octanol–water partition coefficient (Wildman–Crippen LogP) is 1.20. The van der Waals surface area contributed by atoms with Crippen LogP contribution in [0.1, 0.15) is 9.75 Å². The van der Waals surface area contributed by atoms with Crippen molar-refractivity contribution in [2.75, 3.05) is 26.2 Å². The van der Waals surface area contributed by atoms with Crippen LogP contribution < -0.4 is 5.32 Å². The topological polar surface area (TPSA) is 49.4 Å². The summed E-state index contributed by atoms with van der Waals surface area (Å²) in [5, 5.41) is 3.33. The molecule has 18 heavy (non-hydrogen) atoms. The molecule has 0 aliphatic carbocycles. The van der Waals surface area contributed by atoms with Crippen LogP contribution in [0.5, 0.6) is 0 Å². The van der Waals surface area contributed by atoms with Crippen molar-refractivity contribution in [3.05, 3.63) is 15.8 Å². The average Bonchev–Trinajstić information content (AvgIpc) is 2.90. The molecule has 0 radical (unpaired) electrons. The van der Waals surface area contributed by atoms with Gasteiger partial charge in [0.05, 0.1) is 4.90 Å². The molecule has 3 rings (SSSR count). The van der Waals surface area contributed by atoms with Gasteiger partial charge < -0.3 is 5.32 Å². The summed E-state index contributed by atoms with van der Waals surface area (Å²) in [7, 11) is -3.27. The van der Waals surface area contributed by atoms with E-state index in [9.17, 15) is 8.42 Å². The molecule has 1 aromatic heterocycles. The summed E-state index contributed by atoms with van der Waals surface area (Å²) >= 11 is 1.56. The van der Waals surface area contributed by atoms with E-state index in [1.807, 2.05) is 19.9 Å². The van der Waals surface area contributed by atoms with Crippen LogP contribution in [0.3, 0.4) is 0 Å². The van der Waals surface area contributed by atoms with Crippen molar-refractivity contribution in [3.8, 4) is 0 Å². The van der Waals surface area contributed by atoms with Gasteiger partial charge in [0.15, 0.2) is 0 Å². The van der Waals surface area contributed by atoms with Crippen LogP contribution in [0.15, 0.2) is 11.0 Å². The first-order valence-electron chi connectivity index (χ1n) is 6.26. The fourth-order valence-electron chi connectivity index (χ4n) is 3.01. The number of fused-ring (bicyclic) bond motifs is 1. The lowest BCUT2D eigenvalue weighted by Gasteiger charge is -2.17. The summed E-state index contributed by atoms with van der Waals surface area (Å²) in [6.45, 7) is 7.11. The van der Waals surface area contributed by atoms with E-state index in [1.54, 1.807) is 15.6 Å². The Bertz CT molecular complexity index is 553. The molecule has 0 spiro atoms. The lowest BCUT2D eigenvalue weighted by atomic mass is 10.0.